The molecule has 2 aromatic heterocycles. The summed E-state index contributed by atoms with van der Waals surface area (Å²) in [6.45, 7) is 0. The number of furan rings is 1. The van der Waals surface area contributed by atoms with E-state index in [1.807, 2.05) is 48.5 Å². The molecule has 0 bridgehead atoms. The number of nitrogens with zero attached hydrogens (tertiary/aromatic N) is 2. The third-order valence-corrected chi connectivity index (χ3v) is 8.49. The summed E-state index contributed by atoms with van der Waals surface area (Å²) in [5.41, 5.74) is 9.63. The quantitative estimate of drug-likeness (QED) is 0.204. The maximum atomic E-state index is 6.42. The maximum absolute atomic E-state index is 6.42. The van der Waals surface area contributed by atoms with Crippen molar-refractivity contribution < 1.29 is 8.83 Å². The van der Waals surface area contributed by atoms with E-state index in [0.717, 1.165) is 72.0 Å². The number of rotatable bonds is 5. The molecule has 0 saturated carbocycles. The summed E-state index contributed by atoms with van der Waals surface area (Å²) >= 11 is 0. The molecular formula is C41H26N2O2. The monoisotopic (exact) mass is 578 g/mol. The number of aromatic nitrogens is 1. The number of anilines is 3. The zero-order valence-electron chi connectivity index (χ0n) is 24.2. The van der Waals surface area contributed by atoms with Gasteiger partial charge < -0.3 is 13.7 Å². The van der Waals surface area contributed by atoms with Crippen LogP contribution in [0.5, 0.6) is 0 Å². The lowest BCUT2D eigenvalue weighted by molar-refractivity contribution is 0.623. The van der Waals surface area contributed by atoms with Gasteiger partial charge in [0.05, 0.1) is 5.69 Å². The predicted octanol–water partition coefficient (Wildman–Crippen LogP) is 11.7. The molecular weight excluding hydrogens is 552 g/mol. The summed E-state index contributed by atoms with van der Waals surface area (Å²) in [4.78, 5) is 7.28. The summed E-state index contributed by atoms with van der Waals surface area (Å²) in [5.74, 6) is 0.607. The fraction of sp³-hybridized carbons (Fsp3) is 0. The highest BCUT2D eigenvalue weighted by Gasteiger charge is 2.21. The second-order valence-electron chi connectivity index (χ2n) is 11.2. The maximum Gasteiger partial charge on any atom is 0.227 e. The first-order valence-corrected chi connectivity index (χ1v) is 15.0. The molecule has 9 aromatic rings. The fourth-order valence-electron chi connectivity index (χ4n) is 6.34. The Morgan fingerprint density at radius 1 is 0.422 bits per heavy atom. The number of hydrogen-bond donors (Lipinski definition) is 0. The average molecular weight is 579 g/mol. The lowest BCUT2D eigenvalue weighted by atomic mass is 10.0. The largest absolute Gasteiger partial charge is 0.456 e. The SMILES string of the molecule is c1ccc(-c2ccc(N(c3ccc4c(c3)oc3ccccc34)c3cc4nc(-c5ccccc5)oc4c4ccccc34)cc2)cc1. The van der Waals surface area contributed by atoms with Crippen LogP contribution in [-0.2, 0) is 0 Å². The van der Waals surface area contributed by atoms with Gasteiger partial charge in [-0.05, 0) is 59.7 Å². The Labute approximate surface area is 259 Å². The van der Waals surface area contributed by atoms with Crippen molar-refractivity contribution in [3.05, 3.63) is 158 Å². The molecule has 4 nitrogen and oxygen atoms in total. The standard InChI is InChI=1S/C41H26N2O2/c1-3-11-27(12-4-1)28-19-21-30(22-20-28)43(31-23-24-34-33-16-9-10-18-38(33)44-39(34)25-31)37-26-36-40(35-17-8-7-15-32(35)37)45-41(42-36)29-13-5-2-6-14-29/h1-26H. The molecule has 7 aromatic carbocycles. The molecule has 2 heterocycles. The molecule has 45 heavy (non-hydrogen) atoms. The minimum absolute atomic E-state index is 0.607. The van der Waals surface area contributed by atoms with Gasteiger partial charge in [0.15, 0.2) is 5.58 Å². The summed E-state index contributed by atoms with van der Waals surface area (Å²) in [5, 5.41) is 4.28. The summed E-state index contributed by atoms with van der Waals surface area (Å²) in [6.07, 6.45) is 0. The van der Waals surface area contributed by atoms with Crippen LogP contribution in [0.15, 0.2) is 167 Å². The van der Waals surface area contributed by atoms with Crippen molar-refractivity contribution in [1.82, 2.24) is 4.98 Å². The molecule has 4 heteroatoms. The normalized spacial score (nSPS) is 11.6. The van der Waals surface area contributed by atoms with Crippen molar-refractivity contribution in [2.24, 2.45) is 0 Å². The van der Waals surface area contributed by atoms with Gasteiger partial charge in [0.2, 0.25) is 5.89 Å². The van der Waals surface area contributed by atoms with E-state index in [1.54, 1.807) is 0 Å². The zero-order valence-corrected chi connectivity index (χ0v) is 24.2. The lowest BCUT2D eigenvalue weighted by Crippen LogP contribution is -2.10. The van der Waals surface area contributed by atoms with Gasteiger partial charge in [-0.15, -0.1) is 0 Å². The number of hydrogen-bond acceptors (Lipinski definition) is 4. The van der Waals surface area contributed by atoms with Crippen LogP contribution in [0.3, 0.4) is 0 Å². The Balaban J connectivity index is 1.28. The first-order chi connectivity index (χ1) is 22.3. The van der Waals surface area contributed by atoms with Crippen LogP contribution in [0.2, 0.25) is 0 Å². The van der Waals surface area contributed by atoms with E-state index in [9.17, 15) is 0 Å². The number of fused-ring (bicyclic) bond motifs is 6. The topological polar surface area (TPSA) is 42.4 Å². The molecule has 0 fully saturated rings. The molecule has 0 radical (unpaired) electrons. The Morgan fingerprint density at radius 2 is 1.02 bits per heavy atom. The minimum Gasteiger partial charge on any atom is -0.456 e. The predicted molar refractivity (Wildman–Crippen MR) is 184 cm³/mol. The van der Waals surface area contributed by atoms with Crippen molar-refractivity contribution in [2.45, 2.75) is 0 Å². The highest BCUT2D eigenvalue weighted by atomic mass is 16.3. The van der Waals surface area contributed by atoms with Gasteiger partial charge in [-0.25, -0.2) is 4.98 Å². The van der Waals surface area contributed by atoms with E-state index < -0.39 is 0 Å². The second-order valence-corrected chi connectivity index (χ2v) is 11.2. The van der Waals surface area contributed by atoms with Crippen LogP contribution in [0, 0.1) is 0 Å². The average Bonchev–Trinajstić information content (AvgIpc) is 3.71. The van der Waals surface area contributed by atoms with Crippen molar-refractivity contribution in [2.75, 3.05) is 4.90 Å². The van der Waals surface area contributed by atoms with E-state index in [1.165, 1.54) is 5.56 Å². The van der Waals surface area contributed by atoms with Crippen LogP contribution in [0.1, 0.15) is 0 Å². The highest BCUT2D eigenvalue weighted by Crippen LogP contribution is 2.44. The van der Waals surface area contributed by atoms with Gasteiger partial charge in [0, 0.05) is 44.5 Å². The smallest absolute Gasteiger partial charge is 0.227 e. The van der Waals surface area contributed by atoms with Gasteiger partial charge in [0.25, 0.3) is 0 Å². The Hall–Kier alpha value is -6.13. The van der Waals surface area contributed by atoms with E-state index in [-0.39, 0.29) is 0 Å². The Kier molecular flexibility index (Phi) is 5.78. The van der Waals surface area contributed by atoms with Gasteiger partial charge in [-0.2, -0.15) is 0 Å². The molecule has 0 unspecified atom stereocenters. The second kappa shape index (κ2) is 10.2. The third-order valence-electron chi connectivity index (χ3n) is 8.49. The van der Waals surface area contributed by atoms with Crippen molar-refractivity contribution in [3.63, 3.8) is 0 Å². The number of para-hydroxylation sites is 1. The number of oxazole rings is 1. The molecule has 0 aliphatic heterocycles. The van der Waals surface area contributed by atoms with Gasteiger partial charge in [-0.3, -0.25) is 0 Å². The van der Waals surface area contributed by atoms with E-state index in [4.69, 9.17) is 13.8 Å². The highest BCUT2D eigenvalue weighted by molar-refractivity contribution is 6.12. The van der Waals surface area contributed by atoms with E-state index in [2.05, 4.69) is 114 Å². The molecule has 0 atom stereocenters. The first kappa shape index (κ1) is 25.4. The van der Waals surface area contributed by atoms with Crippen molar-refractivity contribution in [3.8, 4) is 22.6 Å². The van der Waals surface area contributed by atoms with Crippen molar-refractivity contribution in [1.29, 1.82) is 0 Å². The molecule has 212 valence electrons. The van der Waals surface area contributed by atoms with Gasteiger partial charge >= 0.3 is 0 Å². The van der Waals surface area contributed by atoms with Gasteiger partial charge in [0.1, 0.15) is 16.7 Å². The van der Waals surface area contributed by atoms with Gasteiger partial charge in [-0.1, -0.05) is 103 Å². The van der Waals surface area contributed by atoms with Crippen LogP contribution < -0.4 is 4.90 Å². The molecule has 0 spiro atoms. The Bertz CT molecular complexity index is 2480. The summed E-state index contributed by atoms with van der Waals surface area (Å²) < 4.78 is 12.8. The Morgan fingerprint density at radius 3 is 1.80 bits per heavy atom. The van der Waals surface area contributed by atoms with Crippen LogP contribution in [0.4, 0.5) is 17.1 Å². The minimum atomic E-state index is 0.607. The molecule has 0 aliphatic rings. The number of benzene rings is 7. The zero-order chi connectivity index (χ0) is 29.7. The molecule has 0 N–H and O–H groups in total. The summed E-state index contributed by atoms with van der Waals surface area (Å²) in [6, 6.07) is 54.4. The van der Waals surface area contributed by atoms with Crippen LogP contribution in [-0.4, -0.2) is 4.98 Å². The van der Waals surface area contributed by atoms with Crippen molar-refractivity contribution >= 4 is 60.9 Å². The van der Waals surface area contributed by atoms with Crippen LogP contribution >= 0.6 is 0 Å². The molecule has 0 aliphatic carbocycles. The van der Waals surface area contributed by atoms with E-state index >= 15 is 0 Å². The molecule has 0 saturated heterocycles. The summed E-state index contributed by atoms with van der Waals surface area (Å²) in [7, 11) is 0. The van der Waals surface area contributed by atoms with E-state index in [0.29, 0.717) is 5.89 Å². The molecule has 9 rings (SSSR count). The lowest BCUT2D eigenvalue weighted by Gasteiger charge is -2.27. The third kappa shape index (κ3) is 4.27. The first-order valence-electron chi connectivity index (χ1n) is 15.0. The fourth-order valence-corrected chi connectivity index (χ4v) is 6.34. The molecule has 0 amide bonds. The van der Waals surface area contributed by atoms with Crippen LogP contribution in [0.25, 0.3) is 66.4 Å².